The predicted molar refractivity (Wildman–Crippen MR) is 80.3 cm³/mol. The molecule has 0 atom stereocenters. The summed E-state index contributed by atoms with van der Waals surface area (Å²) in [5, 5.41) is 7.45. The lowest BCUT2D eigenvalue weighted by Gasteiger charge is -2.07. The number of nitrogens with zero attached hydrogens (tertiary/aromatic N) is 2. The summed E-state index contributed by atoms with van der Waals surface area (Å²) in [6, 6.07) is 11.1. The van der Waals surface area contributed by atoms with Crippen molar-refractivity contribution < 1.29 is 9.32 Å². The van der Waals surface area contributed by atoms with Crippen molar-refractivity contribution in [3.05, 3.63) is 53.3 Å². The van der Waals surface area contributed by atoms with E-state index in [-0.39, 0.29) is 5.91 Å². The average molecular weight is 281 g/mol. The fourth-order valence-corrected chi connectivity index (χ4v) is 2.23. The Morgan fingerprint density at radius 2 is 2.05 bits per heavy atom. The first-order valence-corrected chi connectivity index (χ1v) is 6.81. The minimum absolute atomic E-state index is 0.186. The molecule has 0 aliphatic rings. The van der Waals surface area contributed by atoms with Gasteiger partial charge in [-0.1, -0.05) is 30.3 Å². The molecule has 21 heavy (non-hydrogen) atoms. The first kappa shape index (κ1) is 13.3. The van der Waals surface area contributed by atoms with Crippen LogP contribution in [-0.4, -0.2) is 16.0 Å². The molecule has 0 saturated heterocycles. The van der Waals surface area contributed by atoms with Crippen LogP contribution in [0.4, 0.5) is 5.69 Å². The Morgan fingerprint density at radius 3 is 2.76 bits per heavy atom. The van der Waals surface area contributed by atoms with E-state index in [4.69, 9.17) is 4.52 Å². The van der Waals surface area contributed by atoms with Gasteiger partial charge >= 0.3 is 0 Å². The maximum Gasteiger partial charge on any atom is 0.258 e. The monoisotopic (exact) mass is 281 g/mol. The fraction of sp³-hybridized carbons (Fsp3) is 0.188. The normalized spacial score (nSPS) is 10.8. The van der Waals surface area contributed by atoms with Gasteiger partial charge in [-0.2, -0.15) is 0 Å². The highest BCUT2D eigenvalue weighted by molar-refractivity contribution is 6.12. The number of pyridine rings is 1. The van der Waals surface area contributed by atoms with E-state index in [2.05, 4.69) is 15.5 Å². The summed E-state index contributed by atoms with van der Waals surface area (Å²) >= 11 is 0. The summed E-state index contributed by atoms with van der Waals surface area (Å²) in [5.74, 6) is -0.186. The van der Waals surface area contributed by atoms with E-state index in [0.717, 1.165) is 17.8 Å². The van der Waals surface area contributed by atoms with Crippen LogP contribution >= 0.6 is 0 Å². The second-order valence-corrected chi connectivity index (χ2v) is 4.78. The number of para-hydroxylation sites is 1. The summed E-state index contributed by atoms with van der Waals surface area (Å²) in [5.41, 5.74) is 3.17. The average Bonchev–Trinajstić information content (AvgIpc) is 2.88. The Labute approximate surface area is 122 Å². The molecule has 1 N–H and O–H groups in total. The second kappa shape index (κ2) is 5.36. The lowest BCUT2D eigenvalue weighted by molar-refractivity contribution is 0.102. The minimum atomic E-state index is -0.186. The van der Waals surface area contributed by atoms with Crippen LogP contribution < -0.4 is 5.32 Å². The van der Waals surface area contributed by atoms with E-state index < -0.39 is 0 Å². The van der Waals surface area contributed by atoms with Gasteiger partial charge in [-0.15, -0.1) is 0 Å². The quantitative estimate of drug-likeness (QED) is 0.799. The van der Waals surface area contributed by atoms with Crippen LogP contribution in [0.2, 0.25) is 0 Å². The number of hydrogen-bond donors (Lipinski definition) is 1. The highest BCUT2D eigenvalue weighted by Gasteiger charge is 2.18. The maximum absolute atomic E-state index is 12.5. The number of benzene rings is 1. The molecule has 0 radical (unpaired) electrons. The van der Waals surface area contributed by atoms with Crippen LogP contribution in [-0.2, 0) is 6.42 Å². The number of aryl methyl sites for hydroxylation is 2. The van der Waals surface area contributed by atoms with Gasteiger partial charge in [-0.05, 0) is 31.5 Å². The molecule has 5 nitrogen and oxygen atoms in total. The summed E-state index contributed by atoms with van der Waals surface area (Å²) in [7, 11) is 0. The number of carbonyl (C=O) groups excluding carboxylic acids is 1. The molecule has 0 aliphatic carbocycles. The molecule has 1 amide bonds. The maximum atomic E-state index is 12.5. The molecule has 106 valence electrons. The van der Waals surface area contributed by atoms with E-state index in [9.17, 15) is 4.79 Å². The standard InChI is InChI=1S/C16H15N3O2/c1-3-11-9-13(14-10(2)19-21-16(14)18-11)15(20)17-12-7-5-4-6-8-12/h4-9H,3H2,1-2H3,(H,17,20). The van der Waals surface area contributed by atoms with Crippen LogP contribution in [0, 0.1) is 6.92 Å². The summed E-state index contributed by atoms with van der Waals surface area (Å²) < 4.78 is 5.19. The summed E-state index contributed by atoms with van der Waals surface area (Å²) in [6.45, 7) is 3.79. The molecule has 2 aromatic heterocycles. The third-order valence-corrected chi connectivity index (χ3v) is 3.31. The van der Waals surface area contributed by atoms with Gasteiger partial charge in [0, 0.05) is 11.4 Å². The van der Waals surface area contributed by atoms with E-state index in [1.165, 1.54) is 0 Å². The molecule has 0 aliphatic heterocycles. The van der Waals surface area contributed by atoms with Crippen LogP contribution in [0.5, 0.6) is 0 Å². The molecule has 0 fully saturated rings. The third-order valence-electron chi connectivity index (χ3n) is 3.31. The van der Waals surface area contributed by atoms with E-state index >= 15 is 0 Å². The molecule has 2 heterocycles. The predicted octanol–water partition coefficient (Wildman–Crippen LogP) is 3.35. The van der Waals surface area contributed by atoms with Gasteiger partial charge in [0.05, 0.1) is 16.6 Å². The molecule has 1 aromatic carbocycles. The first-order valence-electron chi connectivity index (χ1n) is 6.81. The highest BCUT2D eigenvalue weighted by atomic mass is 16.5. The van der Waals surface area contributed by atoms with Gasteiger partial charge in [0.15, 0.2) is 0 Å². The zero-order chi connectivity index (χ0) is 14.8. The molecular weight excluding hydrogens is 266 g/mol. The van der Waals surface area contributed by atoms with Crippen molar-refractivity contribution in [3.63, 3.8) is 0 Å². The Bertz CT molecular complexity index is 794. The Morgan fingerprint density at radius 1 is 1.29 bits per heavy atom. The van der Waals surface area contributed by atoms with Gasteiger partial charge in [0.2, 0.25) is 0 Å². The van der Waals surface area contributed by atoms with Gasteiger partial charge in [-0.3, -0.25) is 4.79 Å². The van der Waals surface area contributed by atoms with Crippen molar-refractivity contribution in [2.24, 2.45) is 0 Å². The summed E-state index contributed by atoms with van der Waals surface area (Å²) in [4.78, 5) is 16.9. The summed E-state index contributed by atoms with van der Waals surface area (Å²) in [6.07, 6.45) is 0.724. The third kappa shape index (κ3) is 2.50. The topological polar surface area (TPSA) is 68.0 Å². The van der Waals surface area contributed by atoms with Gasteiger partial charge in [-0.25, -0.2) is 4.98 Å². The molecule has 0 unspecified atom stereocenters. The molecule has 5 heteroatoms. The fourth-order valence-electron chi connectivity index (χ4n) is 2.23. The highest BCUT2D eigenvalue weighted by Crippen LogP contribution is 2.23. The number of rotatable bonds is 3. The number of amides is 1. The van der Waals surface area contributed by atoms with Crippen LogP contribution in [0.3, 0.4) is 0 Å². The largest absolute Gasteiger partial charge is 0.336 e. The minimum Gasteiger partial charge on any atom is -0.336 e. The number of anilines is 1. The molecule has 0 saturated carbocycles. The van der Waals surface area contributed by atoms with Crippen molar-refractivity contribution >= 4 is 22.7 Å². The Hall–Kier alpha value is -2.69. The number of aromatic nitrogens is 2. The Balaban J connectivity index is 2.06. The number of hydrogen-bond acceptors (Lipinski definition) is 4. The number of carbonyl (C=O) groups is 1. The van der Waals surface area contributed by atoms with Crippen molar-refractivity contribution in [1.29, 1.82) is 0 Å². The molecule has 0 bridgehead atoms. The first-order chi connectivity index (χ1) is 10.2. The van der Waals surface area contributed by atoms with Crippen molar-refractivity contribution in [2.75, 3.05) is 5.32 Å². The van der Waals surface area contributed by atoms with E-state index in [0.29, 0.717) is 22.4 Å². The Kier molecular flexibility index (Phi) is 3.39. The zero-order valence-corrected chi connectivity index (χ0v) is 11.9. The van der Waals surface area contributed by atoms with E-state index in [1.807, 2.05) is 37.3 Å². The second-order valence-electron chi connectivity index (χ2n) is 4.78. The number of nitrogens with one attached hydrogen (secondary N) is 1. The van der Waals surface area contributed by atoms with Crippen LogP contribution in [0.25, 0.3) is 11.1 Å². The van der Waals surface area contributed by atoms with Crippen LogP contribution in [0.1, 0.15) is 28.7 Å². The van der Waals surface area contributed by atoms with Gasteiger partial charge in [0.1, 0.15) is 0 Å². The number of fused-ring (bicyclic) bond motifs is 1. The van der Waals surface area contributed by atoms with Gasteiger partial charge in [0.25, 0.3) is 11.6 Å². The van der Waals surface area contributed by atoms with Crippen molar-refractivity contribution in [3.8, 4) is 0 Å². The zero-order valence-electron chi connectivity index (χ0n) is 11.9. The SMILES string of the molecule is CCc1cc(C(=O)Nc2ccccc2)c2c(C)noc2n1. The van der Waals surface area contributed by atoms with E-state index in [1.54, 1.807) is 13.0 Å². The smallest absolute Gasteiger partial charge is 0.258 e. The molecule has 3 rings (SSSR count). The van der Waals surface area contributed by atoms with Gasteiger partial charge < -0.3 is 9.84 Å². The molecular formula is C16H15N3O2. The van der Waals surface area contributed by atoms with Crippen molar-refractivity contribution in [2.45, 2.75) is 20.3 Å². The van der Waals surface area contributed by atoms with Crippen LogP contribution in [0.15, 0.2) is 40.9 Å². The molecule has 3 aromatic rings. The van der Waals surface area contributed by atoms with Crippen molar-refractivity contribution in [1.82, 2.24) is 10.1 Å². The lowest BCUT2D eigenvalue weighted by Crippen LogP contribution is -2.13. The molecule has 0 spiro atoms. The lowest BCUT2D eigenvalue weighted by atomic mass is 10.1.